The van der Waals surface area contributed by atoms with E-state index < -0.39 is 39.2 Å². The minimum Gasteiger partial charge on any atom is -0.449 e. The van der Waals surface area contributed by atoms with Crippen LogP contribution in [0.1, 0.15) is 16.7 Å². The Morgan fingerprint density at radius 1 is 1.03 bits per heavy atom. The van der Waals surface area contributed by atoms with Gasteiger partial charge in [-0.3, -0.25) is 24.6 Å². The molecule has 36 heavy (non-hydrogen) atoms. The number of nitrogens with zero attached hydrogens (tertiary/aromatic N) is 2. The number of nitro groups is 1. The molecule has 0 aromatic heterocycles. The second kappa shape index (κ2) is 10.0. The van der Waals surface area contributed by atoms with Crippen LogP contribution >= 0.6 is 23.4 Å². The van der Waals surface area contributed by atoms with Crippen LogP contribution in [0.5, 0.6) is 11.5 Å². The molecule has 4 rings (SSSR count). The van der Waals surface area contributed by atoms with E-state index in [1.807, 2.05) is 0 Å². The molecule has 0 aliphatic carbocycles. The molecule has 1 aliphatic rings. The highest BCUT2D eigenvalue weighted by Gasteiger charge is 2.36. The summed E-state index contributed by atoms with van der Waals surface area (Å²) in [4.78, 5) is 36.9. The number of carbonyl (C=O) groups excluding carboxylic acids is 2. The van der Waals surface area contributed by atoms with Crippen molar-refractivity contribution < 1.29 is 32.4 Å². The Bertz CT molecular complexity index is 1390. The standard InChI is InChI=1S/C24H14ClF3N2O5S/c25-17-8-5-14(6-9-17)13-29-22(31)21(36-23(29)32)11-15-3-1-2-4-19(15)35-20-10-7-16(24(26,27)28)12-18(20)30(33)34/h1-12H,13H2/b21-11+. The van der Waals surface area contributed by atoms with E-state index in [4.69, 9.17) is 16.3 Å². The lowest BCUT2D eigenvalue weighted by atomic mass is 10.1. The first-order valence-electron chi connectivity index (χ1n) is 10.2. The number of nitro benzene ring substituents is 1. The molecule has 1 aliphatic heterocycles. The summed E-state index contributed by atoms with van der Waals surface area (Å²) in [7, 11) is 0. The molecular weight excluding hydrogens is 521 g/mol. The van der Waals surface area contributed by atoms with Crippen LogP contribution in [0.2, 0.25) is 5.02 Å². The SMILES string of the molecule is O=C1S/C(=C/c2ccccc2Oc2ccc(C(F)(F)F)cc2[N+](=O)[O-])C(=O)N1Cc1ccc(Cl)cc1. The first-order chi connectivity index (χ1) is 17.0. The van der Waals surface area contributed by atoms with Gasteiger partial charge >= 0.3 is 11.9 Å². The Morgan fingerprint density at radius 3 is 2.39 bits per heavy atom. The zero-order valence-electron chi connectivity index (χ0n) is 18.0. The zero-order chi connectivity index (χ0) is 26.0. The zero-order valence-corrected chi connectivity index (χ0v) is 19.6. The van der Waals surface area contributed by atoms with E-state index in [0.717, 1.165) is 11.0 Å². The van der Waals surface area contributed by atoms with Crippen LogP contribution < -0.4 is 4.74 Å². The van der Waals surface area contributed by atoms with E-state index in [2.05, 4.69) is 0 Å². The van der Waals surface area contributed by atoms with Crippen LogP contribution in [-0.2, 0) is 17.5 Å². The Hall–Kier alpha value is -3.83. The second-order valence-corrected chi connectivity index (χ2v) is 8.90. The van der Waals surface area contributed by atoms with Gasteiger partial charge in [0.25, 0.3) is 11.1 Å². The van der Waals surface area contributed by atoms with Crippen LogP contribution in [0, 0.1) is 10.1 Å². The minimum absolute atomic E-state index is 0.0368. The van der Waals surface area contributed by atoms with Gasteiger partial charge in [0.05, 0.1) is 21.9 Å². The monoisotopic (exact) mass is 534 g/mol. The third kappa shape index (κ3) is 5.52. The molecule has 3 aromatic carbocycles. The molecule has 0 N–H and O–H groups in total. The first-order valence-corrected chi connectivity index (χ1v) is 11.3. The van der Waals surface area contributed by atoms with E-state index in [1.165, 1.54) is 12.1 Å². The number of para-hydroxylation sites is 1. The van der Waals surface area contributed by atoms with Crippen LogP contribution in [0.3, 0.4) is 0 Å². The lowest BCUT2D eigenvalue weighted by Gasteiger charge is -2.13. The van der Waals surface area contributed by atoms with Crippen molar-refractivity contribution in [2.45, 2.75) is 12.7 Å². The maximum absolute atomic E-state index is 13.0. The largest absolute Gasteiger partial charge is 0.449 e. The highest BCUT2D eigenvalue weighted by molar-refractivity contribution is 8.18. The van der Waals surface area contributed by atoms with Crippen molar-refractivity contribution in [3.63, 3.8) is 0 Å². The van der Waals surface area contributed by atoms with Gasteiger partial charge < -0.3 is 4.74 Å². The predicted octanol–water partition coefficient (Wildman–Crippen LogP) is 7.30. The van der Waals surface area contributed by atoms with Crippen LogP contribution in [0.25, 0.3) is 6.08 Å². The number of ether oxygens (including phenoxy) is 1. The van der Waals surface area contributed by atoms with Crippen molar-refractivity contribution in [3.8, 4) is 11.5 Å². The van der Waals surface area contributed by atoms with Gasteiger partial charge in [-0.2, -0.15) is 13.2 Å². The molecule has 0 bridgehead atoms. The molecule has 0 spiro atoms. The van der Waals surface area contributed by atoms with E-state index in [9.17, 15) is 32.9 Å². The number of imide groups is 1. The van der Waals surface area contributed by atoms with Gasteiger partial charge in [-0.1, -0.05) is 41.9 Å². The second-order valence-electron chi connectivity index (χ2n) is 7.47. The van der Waals surface area contributed by atoms with Gasteiger partial charge in [0, 0.05) is 16.7 Å². The summed E-state index contributed by atoms with van der Waals surface area (Å²) in [6.45, 7) is 0.0368. The van der Waals surface area contributed by atoms with Crippen LogP contribution in [0.15, 0.2) is 71.6 Å². The number of rotatable bonds is 6. The molecule has 1 heterocycles. The van der Waals surface area contributed by atoms with Gasteiger partial charge in [-0.15, -0.1) is 0 Å². The van der Waals surface area contributed by atoms with Gasteiger partial charge in [-0.05, 0) is 53.7 Å². The number of hydrogen-bond acceptors (Lipinski definition) is 6. The van der Waals surface area contributed by atoms with Gasteiger partial charge in [0.15, 0.2) is 0 Å². The summed E-state index contributed by atoms with van der Waals surface area (Å²) in [5, 5.41) is 11.4. The Labute approximate surface area is 211 Å². The maximum Gasteiger partial charge on any atom is 0.416 e. The fraction of sp³-hybridized carbons (Fsp3) is 0.0833. The molecule has 0 unspecified atom stereocenters. The quantitative estimate of drug-likeness (QED) is 0.187. The number of thioether (sulfide) groups is 1. The Balaban J connectivity index is 1.62. The molecular formula is C24H14ClF3N2O5S. The third-order valence-corrected chi connectivity index (χ3v) is 6.20. The fourth-order valence-electron chi connectivity index (χ4n) is 3.28. The smallest absolute Gasteiger partial charge is 0.416 e. The van der Waals surface area contributed by atoms with E-state index in [1.54, 1.807) is 42.5 Å². The summed E-state index contributed by atoms with van der Waals surface area (Å²) in [6, 6.07) is 14.7. The molecule has 0 atom stereocenters. The lowest BCUT2D eigenvalue weighted by molar-refractivity contribution is -0.385. The van der Waals surface area contributed by atoms with Crippen LogP contribution in [0.4, 0.5) is 23.7 Å². The average molecular weight is 535 g/mol. The predicted molar refractivity (Wildman–Crippen MR) is 128 cm³/mol. The van der Waals surface area contributed by atoms with Crippen molar-refractivity contribution in [1.82, 2.24) is 4.90 Å². The summed E-state index contributed by atoms with van der Waals surface area (Å²) < 4.78 is 44.6. The molecule has 2 amide bonds. The lowest BCUT2D eigenvalue weighted by Crippen LogP contribution is -2.27. The van der Waals surface area contributed by atoms with Gasteiger partial charge in [-0.25, -0.2) is 0 Å². The number of amides is 2. The molecule has 0 radical (unpaired) electrons. The number of halogens is 4. The van der Waals surface area contributed by atoms with Crippen molar-refractivity contribution in [2.24, 2.45) is 0 Å². The highest BCUT2D eigenvalue weighted by atomic mass is 35.5. The molecule has 0 saturated carbocycles. The van der Waals surface area contributed by atoms with Crippen molar-refractivity contribution >= 4 is 46.3 Å². The molecule has 12 heteroatoms. The topological polar surface area (TPSA) is 89.7 Å². The highest BCUT2D eigenvalue weighted by Crippen LogP contribution is 2.40. The molecule has 1 saturated heterocycles. The van der Waals surface area contributed by atoms with Gasteiger partial charge in [0.2, 0.25) is 5.75 Å². The summed E-state index contributed by atoms with van der Waals surface area (Å²) >= 11 is 6.58. The number of alkyl halides is 3. The van der Waals surface area contributed by atoms with E-state index in [-0.39, 0.29) is 17.2 Å². The van der Waals surface area contributed by atoms with E-state index >= 15 is 0 Å². The van der Waals surface area contributed by atoms with Crippen molar-refractivity contribution in [3.05, 3.63) is 103 Å². The normalized spacial score (nSPS) is 15.0. The molecule has 184 valence electrons. The Morgan fingerprint density at radius 2 is 1.72 bits per heavy atom. The molecule has 7 nitrogen and oxygen atoms in total. The number of benzene rings is 3. The summed E-state index contributed by atoms with van der Waals surface area (Å²) in [5.41, 5.74) is -1.07. The molecule has 3 aromatic rings. The summed E-state index contributed by atoms with van der Waals surface area (Å²) in [5.74, 6) is -0.912. The van der Waals surface area contributed by atoms with Crippen molar-refractivity contribution in [2.75, 3.05) is 0 Å². The third-order valence-electron chi connectivity index (χ3n) is 5.04. The number of hydrogen-bond donors (Lipinski definition) is 0. The van der Waals surface area contributed by atoms with Gasteiger partial charge in [0.1, 0.15) is 5.75 Å². The first kappa shape index (κ1) is 25.3. The average Bonchev–Trinajstić information content (AvgIpc) is 3.08. The molecule has 1 fully saturated rings. The number of carbonyl (C=O) groups is 2. The fourth-order valence-corrected chi connectivity index (χ4v) is 4.24. The van der Waals surface area contributed by atoms with E-state index in [0.29, 0.717) is 40.0 Å². The van der Waals surface area contributed by atoms with Crippen molar-refractivity contribution in [1.29, 1.82) is 0 Å². The summed E-state index contributed by atoms with van der Waals surface area (Å²) in [6.07, 6.45) is -3.38. The Kier molecular flexibility index (Phi) is 7.04. The maximum atomic E-state index is 13.0. The van der Waals surface area contributed by atoms with Crippen LogP contribution in [-0.4, -0.2) is 21.0 Å². The minimum atomic E-state index is -4.77.